The predicted molar refractivity (Wildman–Crippen MR) is 81.1 cm³/mol. The van der Waals surface area contributed by atoms with Crippen molar-refractivity contribution in [3.05, 3.63) is 30.0 Å². The zero-order valence-corrected chi connectivity index (χ0v) is 12.2. The molecule has 4 unspecified atom stereocenters. The van der Waals surface area contributed by atoms with Crippen LogP contribution in [0.15, 0.2) is 24.4 Å². The molecule has 3 aliphatic heterocycles. The first-order chi connectivity index (χ1) is 10.2. The summed E-state index contributed by atoms with van der Waals surface area (Å²) in [6.07, 6.45) is 4.17. The molecule has 0 spiro atoms. The molecule has 5 nitrogen and oxygen atoms in total. The van der Waals surface area contributed by atoms with Crippen LogP contribution in [-0.2, 0) is 0 Å². The van der Waals surface area contributed by atoms with E-state index in [1.54, 1.807) is 6.20 Å². The second-order valence-corrected chi connectivity index (χ2v) is 6.38. The molecule has 2 aromatic rings. The lowest BCUT2D eigenvalue weighted by atomic mass is 9.80. The van der Waals surface area contributed by atoms with E-state index in [2.05, 4.69) is 27.3 Å². The monoisotopic (exact) mass is 284 g/mol. The molecule has 3 aliphatic rings. The van der Waals surface area contributed by atoms with Crippen LogP contribution in [0.2, 0.25) is 0 Å². The zero-order valence-electron chi connectivity index (χ0n) is 12.2. The van der Waals surface area contributed by atoms with Gasteiger partial charge in [0.05, 0.1) is 11.7 Å². The first kappa shape index (κ1) is 12.8. The van der Waals surface area contributed by atoms with Crippen molar-refractivity contribution in [2.75, 3.05) is 13.1 Å². The molecule has 0 radical (unpaired) electrons. The molecule has 2 bridgehead atoms. The van der Waals surface area contributed by atoms with Crippen LogP contribution in [0.5, 0.6) is 0 Å². The number of aromatic amines is 1. The molecular formula is C16H20N4O. The number of rotatable bonds is 2. The summed E-state index contributed by atoms with van der Waals surface area (Å²) in [4.78, 5) is 15.0. The van der Waals surface area contributed by atoms with Gasteiger partial charge in [-0.25, -0.2) is 0 Å². The minimum atomic E-state index is 0.0258. The number of fused-ring (bicyclic) bond motifs is 4. The molecule has 1 amide bonds. The summed E-state index contributed by atoms with van der Waals surface area (Å²) in [6, 6.07) is 6.64. The number of hydrogen-bond acceptors (Lipinski definition) is 3. The second-order valence-electron chi connectivity index (χ2n) is 6.38. The van der Waals surface area contributed by atoms with Gasteiger partial charge in [-0.1, -0.05) is 6.07 Å². The van der Waals surface area contributed by atoms with Gasteiger partial charge in [-0.05, 0) is 44.4 Å². The number of H-pyrrole nitrogens is 1. The minimum absolute atomic E-state index is 0.0258. The lowest BCUT2D eigenvalue weighted by Gasteiger charge is -2.48. The standard InChI is InChI=1S/C16H20N4O/c1-10-6-11-4-5-20(10)9-15(11)18-16(21)12-2-3-13-8-17-19-14(13)7-12/h2-3,7-8,10-11,15H,4-6,9H2,1H3,(H,17,19)(H,18,21). The molecular weight excluding hydrogens is 264 g/mol. The maximum Gasteiger partial charge on any atom is 0.251 e. The van der Waals surface area contributed by atoms with Crippen LogP contribution in [0.3, 0.4) is 0 Å². The van der Waals surface area contributed by atoms with Gasteiger partial charge >= 0.3 is 0 Å². The Hall–Kier alpha value is -1.88. The van der Waals surface area contributed by atoms with Crippen LogP contribution in [0.4, 0.5) is 0 Å². The molecule has 4 heterocycles. The van der Waals surface area contributed by atoms with Gasteiger partial charge in [-0.15, -0.1) is 0 Å². The van der Waals surface area contributed by atoms with Crippen molar-refractivity contribution in [3.63, 3.8) is 0 Å². The predicted octanol–water partition coefficient (Wildman–Crippen LogP) is 1.78. The summed E-state index contributed by atoms with van der Waals surface area (Å²) in [7, 11) is 0. The van der Waals surface area contributed by atoms with Gasteiger partial charge in [0.15, 0.2) is 0 Å². The molecule has 3 saturated heterocycles. The average molecular weight is 284 g/mol. The van der Waals surface area contributed by atoms with Crippen molar-refractivity contribution < 1.29 is 4.79 Å². The van der Waals surface area contributed by atoms with E-state index in [0.29, 0.717) is 23.6 Å². The molecule has 4 atom stereocenters. The van der Waals surface area contributed by atoms with Gasteiger partial charge in [0, 0.05) is 29.6 Å². The summed E-state index contributed by atoms with van der Waals surface area (Å²) in [6.45, 7) is 4.46. The van der Waals surface area contributed by atoms with Crippen LogP contribution in [-0.4, -0.2) is 46.2 Å². The van der Waals surface area contributed by atoms with E-state index in [-0.39, 0.29) is 5.91 Å². The molecule has 1 aromatic heterocycles. The van der Waals surface area contributed by atoms with Crippen LogP contribution in [0.1, 0.15) is 30.1 Å². The average Bonchev–Trinajstić information content (AvgIpc) is 2.96. The van der Waals surface area contributed by atoms with Crippen LogP contribution < -0.4 is 5.32 Å². The number of carbonyl (C=O) groups is 1. The number of aromatic nitrogens is 2. The highest BCUT2D eigenvalue weighted by Gasteiger charge is 2.38. The summed E-state index contributed by atoms with van der Waals surface area (Å²) in [5.74, 6) is 0.655. The molecule has 5 rings (SSSR count). The lowest BCUT2D eigenvalue weighted by Crippen LogP contribution is -2.60. The van der Waals surface area contributed by atoms with E-state index < -0.39 is 0 Å². The first-order valence-electron chi connectivity index (χ1n) is 7.69. The maximum atomic E-state index is 12.5. The SMILES string of the molecule is CC1CC2CCN1CC2NC(=O)c1ccc2cn[nH]c2c1. The van der Waals surface area contributed by atoms with Crippen molar-refractivity contribution >= 4 is 16.8 Å². The van der Waals surface area contributed by atoms with Crippen molar-refractivity contribution in [2.45, 2.75) is 31.8 Å². The largest absolute Gasteiger partial charge is 0.348 e. The Bertz CT molecular complexity index is 680. The van der Waals surface area contributed by atoms with Crippen molar-refractivity contribution in [3.8, 4) is 0 Å². The van der Waals surface area contributed by atoms with Gasteiger partial charge < -0.3 is 5.32 Å². The lowest BCUT2D eigenvalue weighted by molar-refractivity contribution is 0.0274. The van der Waals surface area contributed by atoms with Gasteiger partial charge in [-0.3, -0.25) is 14.8 Å². The second kappa shape index (κ2) is 4.84. The Morgan fingerprint density at radius 3 is 3.14 bits per heavy atom. The van der Waals surface area contributed by atoms with E-state index >= 15 is 0 Å². The smallest absolute Gasteiger partial charge is 0.251 e. The molecule has 3 fully saturated rings. The van der Waals surface area contributed by atoms with Crippen molar-refractivity contribution in [1.82, 2.24) is 20.4 Å². The molecule has 1 aromatic carbocycles. The van der Waals surface area contributed by atoms with Crippen molar-refractivity contribution in [1.29, 1.82) is 0 Å². The highest BCUT2D eigenvalue weighted by atomic mass is 16.1. The quantitative estimate of drug-likeness (QED) is 0.883. The van der Waals surface area contributed by atoms with E-state index in [1.807, 2.05) is 18.2 Å². The van der Waals surface area contributed by atoms with Gasteiger partial charge in [-0.2, -0.15) is 5.10 Å². The zero-order chi connectivity index (χ0) is 14.4. The molecule has 2 N–H and O–H groups in total. The Labute approximate surface area is 123 Å². The fourth-order valence-corrected chi connectivity index (χ4v) is 3.79. The number of amides is 1. The fourth-order valence-electron chi connectivity index (χ4n) is 3.79. The Kier molecular flexibility index (Phi) is 2.96. The molecule has 0 aliphatic carbocycles. The third kappa shape index (κ3) is 2.21. The van der Waals surface area contributed by atoms with Crippen LogP contribution in [0, 0.1) is 5.92 Å². The number of benzene rings is 1. The maximum absolute atomic E-state index is 12.5. The molecule has 0 saturated carbocycles. The molecule has 5 heteroatoms. The topological polar surface area (TPSA) is 61.0 Å². The fraction of sp³-hybridized carbons (Fsp3) is 0.500. The summed E-state index contributed by atoms with van der Waals surface area (Å²) < 4.78 is 0. The van der Waals surface area contributed by atoms with E-state index in [0.717, 1.165) is 17.4 Å². The number of piperidine rings is 3. The van der Waals surface area contributed by atoms with Gasteiger partial charge in [0.1, 0.15) is 0 Å². The van der Waals surface area contributed by atoms with Crippen LogP contribution in [0.25, 0.3) is 10.9 Å². The van der Waals surface area contributed by atoms with Gasteiger partial charge in [0.25, 0.3) is 5.91 Å². The number of nitrogens with zero attached hydrogens (tertiary/aromatic N) is 2. The van der Waals surface area contributed by atoms with E-state index in [9.17, 15) is 4.79 Å². The highest BCUT2D eigenvalue weighted by molar-refractivity contribution is 5.97. The van der Waals surface area contributed by atoms with Crippen molar-refractivity contribution in [2.24, 2.45) is 5.92 Å². The third-order valence-electron chi connectivity index (χ3n) is 5.08. The van der Waals surface area contributed by atoms with E-state index in [1.165, 1.54) is 19.4 Å². The number of carbonyl (C=O) groups excluding carboxylic acids is 1. The van der Waals surface area contributed by atoms with Gasteiger partial charge in [0.2, 0.25) is 0 Å². The Morgan fingerprint density at radius 2 is 2.38 bits per heavy atom. The Morgan fingerprint density at radius 1 is 1.48 bits per heavy atom. The molecule has 110 valence electrons. The third-order valence-corrected chi connectivity index (χ3v) is 5.08. The normalized spacial score (nSPS) is 31.5. The molecule has 21 heavy (non-hydrogen) atoms. The Balaban J connectivity index is 1.50. The highest BCUT2D eigenvalue weighted by Crippen LogP contribution is 2.32. The van der Waals surface area contributed by atoms with E-state index in [4.69, 9.17) is 0 Å². The summed E-state index contributed by atoms with van der Waals surface area (Å²) in [5.41, 5.74) is 1.61. The number of hydrogen-bond donors (Lipinski definition) is 2. The first-order valence-corrected chi connectivity index (χ1v) is 7.69. The summed E-state index contributed by atoms with van der Waals surface area (Å²) in [5, 5.41) is 11.2. The number of nitrogens with one attached hydrogen (secondary N) is 2. The van der Waals surface area contributed by atoms with Crippen LogP contribution >= 0.6 is 0 Å². The minimum Gasteiger partial charge on any atom is -0.348 e. The summed E-state index contributed by atoms with van der Waals surface area (Å²) >= 11 is 0.